The summed E-state index contributed by atoms with van der Waals surface area (Å²) in [7, 11) is 0. The molecule has 0 bridgehead atoms. The Bertz CT molecular complexity index is 721. The summed E-state index contributed by atoms with van der Waals surface area (Å²) in [5, 5.41) is 8.39. The van der Waals surface area contributed by atoms with Gasteiger partial charge in [-0.2, -0.15) is 5.10 Å². The Morgan fingerprint density at radius 2 is 2.17 bits per heavy atom. The van der Waals surface area contributed by atoms with Gasteiger partial charge >= 0.3 is 5.97 Å². The second-order valence-corrected chi connectivity index (χ2v) is 6.70. The van der Waals surface area contributed by atoms with Crippen molar-refractivity contribution in [2.45, 2.75) is 44.6 Å². The number of aromatic nitrogens is 3. The average molecular weight is 326 g/mol. The minimum absolute atomic E-state index is 0.175. The summed E-state index contributed by atoms with van der Waals surface area (Å²) in [5.74, 6) is 1.15. The van der Waals surface area contributed by atoms with Gasteiger partial charge in [0.15, 0.2) is 5.82 Å². The van der Waals surface area contributed by atoms with Crippen LogP contribution < -0.4 is 4.90 Å². The molecular weight excluding hydrogens is 304 g/mol. The molecule has 3 heterocycles. The maximum absolute atomic E-state index is 12.4. The predicted octanol–water partition coefficient (Wildman–Crippen LogP) is 2.82. The van der Waals surface area contributed by atoms with Crippen LogP contribution in [0.15, 0.2) is 24.4 Å². The number of carbonyl (C=O) groups excluding carboxylic acids is 1. The number of carbonyl (C=O) groups is 1. The van der Waals surface area contributed by atoms with Crippen LogP contribution in [-0.2, 0) is 4.74 Å². The van der Waals surface area contributed by atoms with Crippen molar-refractivity contribution in [3.8, 4) is 0 Å². The fraction of sp³-hybridized carbons (Fsp3) is 0.500. The van der Waals surface area contributed by atoms with Crippen molar-refractivity contribution in [3.05, 3.63) is 41.3 Å². The standard InChI is InChI=1S/C18H22N4O2/c1-12-4-7-16(21-20-12)22-10-2-3-14(22)11-24-18(23)15-8-9-19-17(15)13-5-6-13/h4,7-9,13-14,19H,2-3,5-6,10-11H2,1H3. The fourth-order valence-electron chi connectivity index (χ4n) is 3.38. The van der Waals surface area contributed by atoms with Crippen LogP contribution >= 0.6 is 0 Å². The first-order valence-corrected chi connectivity index (χ1v) is 8.64. The smallest absolute Gasteiger partial charge is 0.340 e. The fourth-order valence-corrected chi connectivity index (χ4v) is 3.38. The highest BCUT2D eigenvalue weighted by Crippen LogP contribution is 2.40. The molecule has 0 amide bonds. The second kappa shape index (κ2) is 6.26. The third-order valence-corrected chi connectivity index (χ3v) is 4.85. The topological polar surface area (TPSA) is 71.1 Å². The number of hydrogen-bond acceptors (Lipinski definition) is 5. The molecule has 0 spiro atoms. The van der Waals surface area contributed by atoms with E-state index < -0.39 is 0 Å². The Hall–Kier alpha value is -2.37. The van der Waals surface area contributed by atoms with Gasteiger partial charge in [0.05, 0.1) is 17.3 Å². The molecule has 1 saturated heterocycles. The van der Waals surface area contributed by atoms with Gasteiger partial charge in [-0.05, 0) is 56.7 Å². The van der Waals surface area contributed by atoms with Crippen LogP contribution in [0.2, 0.25) is 0 Å². The Morgan fingerprint density at radius 3 is 2.92 bits per heavy atom. The summed E-state index contributed by atoms with van der Waals surface area (Å²) < 4.78 is 5.62. The van der Waals surface area contributed by atoms with E-state index >= 15 is 0 Å². The quantitative estimate of drug-likeness (QED) is 0.856. The predicted molar refractivity (Wildman–Crippen MR) is 90.2 cm³/mol. The van der Waals surface area contributed by atoms with Crippen LogP contribution in [0.4, 0.5) is 5.82 Å². The van der Waals surface area contributed by atoms with Gasteiger partial charge in [0.25, 0.3) is 0 Å². The molecule has 126 valence electrons. The minimum Gasteiger partial charge on any atom is -0.460 e. The van der Waals surface area contributed by atoms with Crippen LogP contribution in [0.25, 0.3) is 0 Å². The lowest BCUT2D eigenvalue weighted by Crippen LogP contribution is -2.34. The van der Waals surface area contributed by atoms with E-state index in [9.17, 15) is 4.79 Å². The van der Waals surface area contributed by atoms with Gasteiger partial charge in [-0.25, -0.2) is 4.79 Å². The van der Waals surface area contributed by atoms with Crippen molar-refractivity contribution in [1.29, 1.82) is 0 Å². The number of nitrogens with one attached hydrogen (secondary N) is 1. The van der Waals surface area contributed by atoms with Crippen LogP contribution in [0.1, 0.15) is 53.3 Å². The molecule has 0 aromatic carbocycles. The molecule has 4 rings (SSSR count). The molecule has 1 atom stereocenters. The van der Waals surface area contributed by atoms with Crippen molar-refractivity contribution >= 4 is 11.8 Å². The van der Waals surface area contributed by atoms with E-state index in [4.69, 9.17) is 4.74 Å². The van der Waals surface area contributed by atoms with Crippen LogP contribution in [0.5, 0.6) is 0 Å². The number of nitrogens with zero attached hydrogens (tertiary/aromatic N) is 3. The molecule has 2 aromatic heterocycles. The van der Waals surface area contributed by atoms with Gasteiger partial charge in [-0.1, -0.05) is 0 Å². The lowest BCUT2D eigenvalue weighted by atomic mass is 10.2. The number of rotatable bonds is 5. The third kappa shape index (κ3) is 3.00. The zero-order valence-corrected chi connectivity index (χ0v) is 13.9. The summed E-state index contributed by atoms with van der Waals surface area (Å²) >= 11 is 0. The van der Waals surface area contributed by atoms with E-state index in [1.165, 1.54) is 0 Å². The number of ether oxygens (including phenoxy) is 1. The monoisotopic (exact) mass is 326 g/mol. The maximum atomic E-state index is 12.4. The summed E-state index contributed by atoms with van der Waals surface area (Å²) in [5.41, 5.74) is 2.63. The SMILES string of the molecule is Cc1ccc(N2CCCC2COC(=O)c2cc[nH]c2C2CC2)nn1. The maximum Gasteiger partial charge on any atom is 0.340 e. The first-order valence-electron chi connectivity index (χ1n) is 8.64. The summed E-state index contributed by atoms with van der Waals surface area (Å²) in [6.07, 6.45) is 6.22. The number of H-pyrrole nitrogens is 1. The van der Waals surface area contributed by atoms with E-state index in [1.54, 1.807) is 0 Å². The summed E-state index contributed by atoms with van der Waals surface area (Å²) in [6.45, 7) is 3.25. The molecule has 1 unspecified atom stereocenters. The Balaban J connectivity index is 1.40. The van der Waals surface area contributed by atoms with Gasteiger partial charge in [-0.15, -0.1) is 5.10 Å². The van der Waals surface area contributed by atoms with Crippen molar-refractivity contribution in [1.82, 2.24) is 15.2 Å². The molecule has 2 aliphatic rings. The van der Waals surface area contributed by atoms with Crippen molar-refractivity contribution in [3.63, 3.8) is 0 Å². The first kappa shape index (κ1) is 15.2. The lowest BCUT2D eigenvalue weighted by molar-refractivity contribution is 0.0481. The van der Waals surface area contributed by atoms with Gasteiger partial charge in [0.2, 0.25) is 0 Å². The van der Waals surface area contributed by atoms with Crippen molar-refractivity contribution in [2.75, 3.05) is 18.1 Å². The molecule has 6 heteroatoms. The minimum atomic E-state index is -0.222. The highest BCUT2D eigenvalue weighted by Gasteiger charge is 2.31. The number of aromatic amines is 1. The number of aryl methyl sites for hydroxylation is 1. The highest BCUT2D eigenvalue weighted by atomic mass is 16.5. The van der Waals surface area contributed by atoms with E-state index in [0.29, 0.717) is 18.1 Å². The van der Waals surface area contributed by atoms with Gasteiger partial charge in [-0.3, -0.25) is 0 Å². The number of anilines is 1. The summed E-state index contributed by atoms with van der Waals surface area (Å²) in [6, 6.07) is 5.95. The molecule has 6 nitrogen and oxygen atoms in total. The third-order valence-electron chi connectivity index (χ3n) is 4.85. The number of esters is 1. The van der Waals surface area contributed by atoms with E-state index in [2.05, 4.69) is 20.1 Å². The molecule has 1 N–H and O–H groups in total. The van der Waals surface area contributed by atoms with Crippen LogP contribution in [0.3, 0.4) is 0 Å². The average Bonchev–Trinajstić information content (AvgIpc) is 3.13. The van der Waals surface area contributed by atoms with Gasteiger partial charge in [0.1, 0.15) is 6.61 Å². The molecule has 2 fully saturated rings. The Morgan fingerprint density at radius 1 is 1.29 bits per heavy atom. The molecule has 24 heavy (non-hydrogen) atoms. The molecule has 1 aliphatic heterocycles. The Labute approximate surface area is 141 Å². The number of hydrogen-bond donors (Lipinski definition) is 1. The molecule has 0 radical (unpaired) electrons. The van der Waals surface area contributed by atoms with Gasteiger partial charge < -0.3 is 14.6 Å². The first-order chi connectivity index (χ1) is 11.7. The second-order valence-electron chi connectivity index (χ2n) is 6.70. The lowest BCUT2D eigenvalue weighted by Gasteiger charge is -2.24. The van der Waals surface area contributed by atoms with Gasteiger partial charge in [0, 0.05) is 18.4 Å². The Kier molecular flexibility index (Phi) is 3.96. The normalized spacial score (nSPS) is 20.4. The molecule has 2 aromatic rings. The largest absolute Gasteiger partial charge is 0.460 e. The molecule has 1 aliphatic carbocycles. The zero-order chi connectivity index (χ0) is 16.5. The van der Waals surface area contributed by atoms with Crippen LogP contribution in [-0.4, -0.2) is 40.3 Å². The van der Waals surface area contributed by atoms with E-state index in [-0.39, 0.29) is 12.0 Å². The molecule has 1 saturated carbocycles. The van der Waals surface area contributed by atoms with E-state index in [1.807, 2.05) is 31.3 Å². The zero-order valence-electron chi connectivity index (χ0n) is 13.9. The van der Waals surface area contributed by atoms with Crippen molar-refractivity contribution < 1.29 is 9.53 Å². The van der Waals surface area contributed by atoms with Crippen molar-refractivity contribution in [2.24, 2.45) is 0 Å². The highest BCUT2D eigenvalue weighted by molar-refractivity contribution is 5.91. The van der Waals surface area contributed by atoms with E-state index in [0.717, 1.165) is 49.4 Å². The summed E-state index contributed by atoms with van der Waals surface area (Å²) in [4.78, 5) is 17.8. The van der Waals surface area contributed by atoms with Crippen LogP contribution in [0, 0.1) is 6.92 Å². The molecular formula is C18H22N4O2.